The third-order valence-corrected chi connectivity index (χ3v) is 5.33. The van der Waals surface area contributed by atoms with E-state index in [1.54, 1.807) is 0 Å². The van der Waals surface area contributed by atoms with Crippen LogP contribution in [-0.4, -0.2) is 0 Å². The number of rotatable bonds is 6. The fourth-order valence-corrected chi connectivity index (χ4v) is 4.43. The Kier molecular flexibility index (Phi) is 4.56. The summed E-state index contributed by atoms with van der Waals surface area (Å²) in [5.41, 5.74) is 2.97. The lowest BCUT2D eigenvalue weighted by Crippen LogP contribution is -2.28. The SMILES string of the molecule is CCCC(C)CC(NN)c1cc2sccc2s1. The van der Waals surface area contributed by atoms with Crippen LogP contribution < -0.4 is 11.3 Å². The number of hydrazine groups is 1. The van der Waals surface area contributed by atoms with E-state index in [2.05, 4.69) is 36.8 Å². The molecule has 0 saturated carbocycles. The van der Waals surface area contributed by atoms with Crippen LogP contribution in [0, 0.1) is 5.92 Å². The van der Waals surface area contributed by atoms with E-state index in [-0.39, 0.29) is 0 Å². The Balaban J connectivity index is 2.09. The summed E-state index contributed by atoms with van der Waals surface area (Å²) >= 11 is 3.67. The first kappa shape index (κ1) is 13.0. The Morgan fingerprint density at radius 1 is 1.41 bits per heavy atom. The maximum Gasteiger partial charge on any atom is 0.0556 e. The molecule has 0 spiro atoms. The molecule has 4 heteroatoms. The highest BCUT2D eigenvalue weighted by Gasteiger charge is 2.16. The Morgan fingerprint density at radius 3 is 2.88 bits per heavy atom. The second kappa shape index (κ2) is 5.96. The summed E-state index contributed by atoms with van der Waals surface area (Å²) in [6.45, 7) is 4.55. The van der Waals surface area contributed by atoms with Crippen molar-refractivity contribution in [3.8, 4) is 0 Å². The van der Waals surface area contributed by atoms with Crippen molar-refractivity contribution in [3.05, 3.63) is 22.4 Å². The predicted octanol–water partition coefficient (Wildman–Crippen LogP) is 4.29. The molecule has 0 bridgehead atoms. The van der Waals surface area contributed by atoms with Crippen LogP contribution in [0.15, 0.2) is 17.5 Å². The van der Waals surface area contributed by atoms with Crippen molar-refractivity contribution in [2.45, 2.75) is 39.2 Å². The summed E-state index contributed by atoms with van der Waals surface area (Å²) in [6, 6.07) is 4.78. The topological polar surface area (TPSA) is 38.0 Å². The van der Waals surface area contributed by atoms with Crippen LogP contribution >= 0.6 is 22.7 Å². The van der Waals surface area contributed by atoms with Gasteiger partial charge in [0.2, 0.25) is 0 Å². The van der Waals surface area contributed by atoms with Crippen LogP contribution in [0.4, 0.5) is 0 Å². The lowest BCUT2D eigenvalue weighted by Gasteiger charge is -2.18. The maximum absolute atomic E-state index is 5.70. The molecule has 0 saturated heterocycles. The average Bonchev–Trinajstić information content (AvgIpc) is 2.86. The van der Waals surface area contributed by atoms with E-state index in [0.29, 0.717) is 6.04 Å². The van der Waals surface area contributed by atoms with E-state index in [9.17, 15) is 0 Å². The molecule has 17 heavy (non-hydrogen) atoms. The molecule has 0 aromatic carbocycles. The van der Waals surface area contributed by atoms with Crippen molar-refractivity contribution in [1.29, 1.82) is 0 Å². The minimum Gasteiger partial charge on any atom is -0.271 e. The molecule has 0 aliphatic rings. The normalized spacial score (nSPS) is 15.2. The zero-order chi connectivity index (χ0) is 12.3. The summed E-state index contributed by atoms with van der Waals surface area (Å²) in [5.74, 6) is 6.42. The van der Waals surface area contributed by atoms with Crippen molar-refractivity contribution in [2.24, 2.45) is 11.8 Å². The van der Waals surface area contributed by atoms with E-state index < -0.39 is 0 Å². The molecule has 2 unspecified atom stereocenters. The monoisotopic (exact) mass is 268 g/mol. The van der Waals surface area contributed by atoms with E-state index >= 15 is 0 Å². The quantitative estimate of drug-likeness (QED) is 0.606. The first-order valence-electron chi connectivity index (χ1n) is 6.17. The van der Waals surface area contributed by atoms with Crippen LogP contribution in [-0.2, 0) is 0 Å². The van der Waals surface area contributed by atoms with Crippen LogP contribution in [0.5, 0.6) is 0 Å². The van der Waals surface area contributed by atoms with Gasteiger partial charge in [0.15, 0.2) is 0 Å². The van der Waals surface area contributed by atoms with Crippen molar-refractivity contribution < 1.29 is 0 Å². The Morgan fingerprint density at radius 2 is 2.24 bits per heavy atom. The largest absolute Gasteiger partial charge is 0.271 e. The molecule has 2 heterocycles. The second-order valence-electron chi connectivity index (χ2n) is 4.65. The van der Waals surface area contributed by atoms with Crippen molar-refractivity contribution >= 4 is 32.1 Å². The highest BCUT2D eigenvalue weighted by atomic mass is 32.1. The van der Waals surface area contributed by atoms with E-state index in [0.717, 1.165) is 12.3 Å². The predicted molar refractivity (Wildman–Crippen MR) is 78.5 cm³/mol. The number of nitrogens with one attached hydrogen (secondary N) is 1. The molecule has 0 radical (unpaired) electrons. The summed E-state index contributed by atoms with van der Waals surface area (Å²) in [4.78, 5) is 1.37. The highest BCUT2D eigenvalue weighted by Crippen LogP contribution is 2.35. The molecule has 94 valence electrons. The molecule has 2 aromatic rings. The first-order valence-corrected chi connectivity index (χ1v) is 7.87. The zero-order valence-corrected chi connectivity index (χ0v) is 12.0. The van der Waals surface area contributed by atoms with Gasteiger partial charge in [0, 0.05) is 14.3 Å². The molecule has 0 aliphatic carbocycles. The molecule has 2 aromatic heterocycles. The van der Waals surface area contributed by atoms with Gasteiger partial charge < -0.3 is 0 Å². The van der Waals surface area contributed by atoms with Gasteiger partial charge in [0.1, 0.15) is 0 Å². The standard InChI is InChI=1S/C13H20N2S2/c1-3-4-9(2)7-10(15-14)12-8-13-11(17-12)5-6-16-13/h5-6,8-10,15H,3-4,7,14H2,1-2H3. The molecule has 0 amide bonds. The molecule has 2 atom stereocenters. The number of fused-ring (bicyclic) bond motifs is 1. The maximum atomic E-state index is 5.70. The number of thiophene rings is 2. The zero-order valence-electron chi connectivity index (χ0n) is 10.4. The van der Waals surface area contributed by atoms with Crippen molar-refractivity contribution in [1.82, 2.24) is 5.43 Å². The smallest absolute Gasteiger partial charge is 0.0556 e. The Bertz CT molecular complexity index is 432. The van der Waals surface area contributed by atoms with Crippen LogP contribution in [0.3, 0.4) is 0 Å². The number of nitrogens with two attached hydrogens (primary N) is 1. The van der Waals surface area contributed by atoms with Gasteiger partial charge in [-0.3, -0.25) is 11.3 Å². The molecule has 2 nitrogen and oxygen atoms in total. The molecule has 2 rings (SSSR count). The van der Waals surface area contributed by atoms with Gasteiger partial charge in [-0.15, -0.1) is 22.7 Å². The van der Waals surface area contributed by atoms with Gasteiger partial charge >= 0.3 is 0 Å². The van der Waals surface area contributed by atoms with E-state index in [1.807, 2.05) is 22.7 Å². The van der Waals surface area contributed by atoms with Crippen LogP contribution in [0.25, 0.3) is 9.40 Å². The molecular formula is C13H20N2S2. The lowest BCUT2D eigenvalue weighted by molar-refractivity contribution is 0.398. The minimum absolute atomic E-state index is 0.307. The van der Waals surface area contributed by atoms with E-state index in [4.69, 9.17) is 5.84 Å². The third-order valence-electron chi connectivity index (χ3n) is 3.12. The molecule has 3 N–H and O–H groups in total. The summed E-state index contributed by atoms with van der Waals surface area (Å²) < 4.78 is 2.77. The van der Waals surface area contributed by atoms with Gasteiger partial charge in [-0.1, -0.05) is 26.7 Å². The first-order chi connectivity index (χ1) is 8.24. The van der Waals surface area contributed by atoms with Crippen LogP contribution in [0.2, 0.25) is 0 Å². The van der Waals surface area contributed by atoms with Gasteiger partial charge in [-0.25, -0.2) is 0 Å². The second-order valence-corrected chi connectivity index (χ2v) is 6.71. The molecule has 0 aliphatic heterocycles. The minimum atomic E-state index is 0.307. The van der Waals surface area contributed by atoms with Gasteiger partial charge in [-0.05, 0) is 29.9 Å². The average molecular weight is 268 g/mol. The van der Waals surface area contributed by atoms with E-state index in [1.165, 1.54) is 27.1 Å². The number of hydrogen-bond donors (Lipinski definition) is 2. The Hall–Kier alpha value is -0.420. The van der Waals surface area contributed by atoms with Crippen molar-refractivity contribution in [2.75, 3.05) is 0 Å². The van der Waals surface area contributed by atoms with Gasteiger partial charge in [-0.2, -0.15) is 0 Å². The lowest BCUT2D eigenvalue weighted by atomic mass is 9.97. The van der Waals surface area contributed by atoms with Gasteiger partial charge in [0.25, 0.3) is 0 Å². The van der Waals surface area contributed by atoms with Crippen molar-refractivity contribution in [3.63, 3.8) is 0 Å². The summed E-state index contributed by atoms with van der Waals surface area (Å²) in [6.07, 6.45) is 3.65. The van der Waals surface area contributed by atoms with Crippen LogP contribution in [0.1, 0.15) is 44.0 Å². The summed E-state index contributed by atoms with van der Waals surface area (Å²) in [5, 5.41) is 2.15. The third kappa shape index (κ3) is 3.07. The number of hydrogen-bond acceptors (Lipinski definition) is 4. The summed E-state index contributed by atoms with van der Waals surface area (Å²) in [7, 11) is 0. The van der Waals surface area contributed by atoms with Gasteiger partial charge in [0.05, 0.1) is 6.04 Å². The fourth-order valence-electron chi connectivity index (χ4n) is 2.24. The highest BCUT2D eigenvalue weighted by molar-refractivity contribution is 7.26. The molecule has 0 fully saturated rings. The Labute approximate surface area is 111 Å². The molecular weight excluding hydrogens is 248 g/mol. The fraction of sp³-hybridized carbons (Fsp3) is 0.538.